The van der Waals surface area contributed by atoms with Crippen molar-refractivity contribution in [3.8, 4) is 0 Å². The molecule has 4 aromatic rings. The van der Waals surface area contributed by atoms with Gasteiger partial charge in [0.15, 0.2) is 0 Å². The van der Waals surface area contributed by atoms with Crippen LogP contribution >= 0.6 is 0 Å². The fraction of sp³-hybridized carbons (Fsp3) is 0.333. The number of fused-ring (bicyclic) bond motifs is 6. The maximum absolute atomic E-state index is 13.8. The number of amides is 1. The van der Waals surface area contributed by atoms with Gasteiger partial charge in [-0.2, -0.15) is 0 Å². The average Bonchev–Trinajstić information content (AvgIpc) is 3.71. The summed E-state index contributed by atoms with van der Waals surface area (Å²) < 4.78 is 5.55. The van der Waals surface area contributed by atoms with Crippen LogP contribution in [0.3, 0.4) is 0 Å². The number of esters is 1. The second-order valence-corrected chi connectivity index (χ2v) is 16.1. The Kier molecular flexibility index (Phi) is 9.68. The van der Waals surface area contributed by atoms with E-state index in [1.54, 1.807) is 6.92 Å². The number of carbonyl (C=O) groups is 2. The molecule has 0 saturated carbocycles. The van der Waals surface area contributed by atoms with Crippen molar-refractivity contribution in [2.75, 3.05) is 37.0 Å². The Labute approximate surface area is 320 Å². The summed E-state index contributed by atoms with van der Waals surface area (Å²) in [5, 5.41) is 5.06. The minimum atomic E-state index is -0.447. The molecule has 0 fully saturated rings. The van der Waals surface area contributed by atoms with E-state index in [9.17, 15) is 9.59 Å². The molecule has 278 valence electrons. The first-order valence-corrected chi connectivity index (χ1v) is 19.2. The monoisotopic (exact) mass is 719 g/mol. The molecule has 0 aromatic heterocycles. The van der Waals surface area contributed by atoms with E-state index in [2.05, 4.69) is 155 Å². The normalized spacial score (nSPS) is 20.1. The van der Waals surface area contributed by atoms with Crippen molar-refractivity contribution in [2.24, 2.45) is 0 Å². The quantitative estimate of drug-likeness (QED) is 0.127. The average molecular weight is 720 g/mol. The number of carbonyl (C=O) groups excluding carboxylic acids is 2. The Hall–Kier alpha value is -5.36. The van der Waals surface area contributed by atoms with Crippen LogP contribution in [0.1, 0.15) is 71.9 Å². The van der Waals surface area contributed by atoms with E-state index < -0.39 is 5.97 Å². The minimum Gasteiger partial charge on any atom is -0.460 e. The molecule has 0 bridgehead atoms. The highest BCUT2D eigenvalue weighted by Crippen LogP contribution is 2.51. The number of hydrogen-bond donors (Lipinski definition) is 0. The lowest BCUT2D eigenvalue weighted by atomic mass is 9.78. The molecule has 1 aliphatic carbocycles. The third-order valence-electron chi connectivity index (χ3n) is 11.9. The van der Waals surface area contributed by atoms with Gasteiger partial charge in [0.05, 0.1) is 18.3 Å². The number of ether oxygens (including phenoxy) is 1. The first-order chi connectivity index (χ1) is 25.8. The predicted octanol–water partition coefficient (Wildman–Crippen LogP) is 10.3. The van der Waals surface area contributed by atoms with Crippen molar-refractivity contribution in [1.82, 2.24) is 4.90 Å². The van der Waals surface area contributed by atoms with Gasteiger partial charge >= 0.3 is 5.97 Å². The van der Waals surface area contributed by atoms with Gasteiger partial charge in [0.1, 0.15) is 6.61 Å². The van der Waals surface area contributed by atoms with E-state index in [1.165, 1.54) is 49.7 Å². The third-order valence-corrected chi connectivity index (χ3v) is 11.9. The van der Waals surface area contributed by atoms with Gasteiger partial charge < -0.3 is 19.4 Å². The van der Waals surface area contributed by atoms with Crippen molar-refractivity contribution in [3.05, 3.63) is 143 Å². The molecule has 6 nitrogen and oxygen atoms in total. The fourth-order valence-electron chi connectivity index (χ4n) is 9.25. The summed E-state index contributed by atoms with van der Waals surface area (Å²) in [6.07, 6.45) is 11.0. The van der Waals surface area contributed by atoms with E-state index in [0.717, 1.165) is 29.7 Å². The number of allylic oxidation sites excluding steroid dienone is 6. The molecule has 0 radical (unpaired) electrons. The molecule has 0 saturated heterocycles. The van der Waals surface area contributed by atoms with Gasteiger partial charge in [-0.1, -0.05) is 120 Å². The van der Waals surface area contributed by atoms with E-state index in [4.69, 9.17) is 4.74 Å². The van der Waals surface area contributed by atoms with Crippen LogP contribution in [-0.4, -0.2) is 50.1 Å². The van der Waals surface area contributed by atoms with E-state index in [-0.39, 0.29) is 35.9 Å². The highest BCUT2D eigenvalue weighted by molar-refractivity contribution is 5.95. The van der Waals surface area contributed by atoms with Crippen LogP contribution in [0.25, 0.3) is 21.5 Å². The molecule has 4 aromatic carbocycles. The topological polar surface area (TPSA) is 53.1 Å². The van der Waals surface area contributed by atoms with Gasteiger partial charge in [0.25, 0.3) is 0 Å². The lowest BCUT2D eigenvalue weighted by Crippen LogP contribution is -2.37. The van der Waals surface area contributed by atoms with Gasteiger partial charge in [-0.05, 0) is 81.8 Å². The summed E-state index contributed by atoms with van der Waals surface area (Å²) in [6, 6.07) is 26.3. The van der Waals surface area contributed by atoms with Crippen LogP contribution in [0.5, 0.6) is 0 Å². The molecule has 2 heterocycles. The number of anilines is 2. The van der Waals surface area contributed by atoms with Crippen LogP contribution in [0.4, 0.5) is 11.4 Å². The van der Waals surface area contributed by atoms with Crippen LogP contribution in [0, 0.1) is 0 Å². The molecule has 0 spiro atoms. The number of nitrogens with zero attached hydrogens (tertiary/aromatic N) is 3. The molecule has 6 heteroatoms. The SMILES string of the molecule is C=C(C)C(=O)OCCN(C(=O)CC)C1=C(/C=C/C2N(C)c3ccc4ccccc4c3C2(C)C)CC/C1=C\C=C1\N(C)c2ccc3ccccc3c2C1(C)C. The highest BCUT2D eigenvalue weighted by atomic mass is 16.5. The molecule has 0 N–H and O–H groups in total. The van der Waals surface area contributed by atoms with Crippen molar-refractivity contribution in [3.63, 3.8) is 0 Å². The largest absolute Gasteiger partial charge is 0.460 e. The zero-order chi connectivity index (χ0) is 38.5. The Morgan fingerprint density at radius 2 is 1.50 bits per heavy atom. The van der Waals surface area contributed by atoms with Gasteiger partial charge in [-0.15, -0.1) is 0 Å². The molecule has 1 amide bonds. The van der Waals surface area contributed by atoms with E-state index in [1.807, 2.05) is 11.8 Å². The second-order valence-electron chi connectivity index (χ2n) is 16.1. The lowest BCUT2D eigenvalue weighted by molar-refractivity contribution is -0.141. The van der Waals surface area contributed by atoms with Crippen molar-refractivity contribution < 1.29 is 14.3 Å². The number of hydrogen-bond acceptors (Lipinski definition) is 5. The van der Waals surface area contributed by atoms with Crippen LogP contribution in [0.2, 0.25) is 0 Å². The number of benzene rings is 4. The molecule has 1 atom stereocenters. The first kappa shape index (κ1) is 37.0. The summed E-state index contributed by atoms with van der Waals surface area (Å²) >= 11 is 0. The smallest absolute Gasteiger partial charge is 0.333 e. The highest BCUT2D eigenvalue weighted by Gasteiger charge is 2.43. The Bertz CT molecular complexity index is 2320. The van der Waals surface area contributed by atoms with Gasteiger partial charge in [0.2, 0.25) is 5.91 Å². The van der Waals surface area contributed by atoms with Crippen molar-refractivity contribution in [2.45, 2.75) is 77.7 Å². The van der Waals surface area contributed by atoms with Crippen LogP contribution in [0.15, 0.2) is 132 Å². The van der Waals surface area contributed by atoms with Crippen molar-refractivity contribution in [1.29, 1.82) is 0 Å². The molecule has 3 aliphatic rings. The maximum Gasteiger partial charge on any atom is 0.333 e. The standard InChI is InChI=1S/C48H53N3O3/c1-10-42(52)51(29-30-54-46(53)31(2)3)45-34(23-27-40-47(4,5)43-36-17-13-11-15-32(36)21-25-38(43)49(40)8)19-20-35(45)24-28-41-48(6,7)44-37-18-14-12-16-33(37)22-26-39(44)50(41)9/h11-18,21-28,40H,2,10,19-20,29-30H2,1,3-9H3/b27-23+,35-24+,41-28+. The Morgan fingerprint density at radius 1 is 0.870 bits per heavy atom. The van der Waals surface area contributed by atoms with Crippen molar-refractivity contribution >= 4 is 44.8 Å². The summed E-state index contributed by atoms with van der Waals surface area (Å²) in [5.74, 6) is -0.450. The minimum absolute atomic E-state index is 0.00268. The Morgan fingerprint density at radius 3 is 2.15 bits per heavy atom. The summed E-state index contributed by atoms with van der Waals surface area (Å²) in [7, 11) is 4.33. The summed E-state index contributed by atoms with van der Waals surface area (Å²) in [6.45, 7) is 16.9. The third kappa shape index (κ3) is 6.15. The maximum atomic E-state index is 13.8. The second kappa shape index (κ2) is 14.1. The molecule has 2 aliphatic heterocycles. The number of rotatable bonds is 9. The summed E-state index contributed by atoms with van der Waals surface area (Å²) in [4.78, 5) is 32.7. The molecule has 1 unspecified atom stereocenters. The number of likely N-dealkylation sites (N-methyl/N-ethyl adjacent to an activating group) is 2. The van der Waals surface area contributed by atoms with E-state index >= 15 is 0 Å². The first-order valence-electron chi connectivity index (χ1n) is 19.2. The van der Waals surface area contributed by atoms with Crippen LogP contribution in [-0.2, 0) is 25.2 Å². The Balaban J connectivity index is 1.30. The zero-order valence-corrected chi connectivity index (χ0v) is 33.1. The predicted molar refractivity (Wildman–Crippen MR) is 224 cm³/mol. The van der Waals surface area contributed by atoms with Gasteiger partial charge in [0, 0.05) is 54.0 Å². The molecule has 54 heavy (non-hydrogen) atoms. The van der Waals surface area contributed by atoms with Gasteiger partial charge in [-0.3, -0.25) is 4.79 Å². The van der Waals surface area contributed by atoms with Gasteiger partial charge in [-0.25, -0.2) is 4.79 Å². The lowest BCUT2D eigenvalue weighted by Gasteiger charge is -2.30. The zero-order valence-electron chi connectivity index (χ0n) is 33.1. The van der Waals surface area contributed by atoms with Crippen LogP contribution < -0.4 is 9.80 Å². The summed E-state index contributed by atoms with van der Waals surface area (Å²) in [5.41, 5.74) is 9.46. The molecular formula is C48H53N3O3. The fourth-order valence-corrected chi connectivity index (χ4v) is 9.25. The van der Waals surface area contributed by atoms with E-state index in [0.29, 0.717) is 12.0 Å². The molecule has 7 rings (SSSR count). The molecular weight excluding hydrogens is 667 g/mol.